The Morgan fingerprint density at radius 3 is 2.42 bits per heavy atom. The molecule has 0 aliphatic rings. The van der Waals surface area contributed by atoms with E-state index in [9.17, 15) is 0 Å². The summed E-state index contributed by atoms with van der Waals surface area (Å²) in [5, 5.41) is 4.42. The van der Waals surface area contributed by atoms with Gasteiger partial charge in [0.25, 0.3) is 0 Å². The molecule has 1 aromatic heterocycles. The zero-order valence-electron chi connectivity index (χ0n) is 13.0. The van der Waals surface area contributed by atoms with Crippen LogP contribution in [0.2, 0.25) is 0 Å². The summed E-state index contributed by atoms with van der Waals surface area (Å²) in [5.41, 5.74) is 4.19. The molecule has 19 heavy (non-hydrogen) atoms. The van der Waals surface area contributed by atoms with Gasteiger partial charge in [-0.2, -0.15) is 5.10 Å². The van der Waals surface area contributed by atoms with Crippen LogP contribution in [-0.2, 0) is 6.54 Å². The lowest BCUT2D eigenvalue weighted by Crippen LogP contribution is -2.55. The van der Waals surface area contributed by atoms with Gasteiger partial charge in [-0.1, -0.05) is 20.8 Å². The number of aryl methyl sites for hydroxylation is 1. The average molecular weight is 267 g/mol. The van der Waals surface area contributed by atoms with E-state index in [2.05, 4.69) is 61.0 Å². The first-order chi connectivity index (χ1) is 9.07. The van der Waals surface area contributed by atoms with Gasteiger partial charge < -0.3 is 4.90 Å². The predicted molar refractivity (Wildman–Crippen MR) is 79.6 cm³/mol. The molecule has 0 saturated carbocycles. The third kappa shape index (κ3) is 2.99. The van der Waals surface area contributed by atoms with Crippen molar-refractivity contribution in [1.82, 2.24) is 20.1 Å². The largest absolute Gasteiger partial charge is 0.302 e. The van der Waals surface area contributed by atoms with E-state index in [1.807, 2.05) is 6.20 Å². The van der Waals surface area contributed by atoms with Crippen LogP contribution in [-0.4, -0.2) is 34.3 Å². The van der Waals surface area contributed by atoms with Crippen molar-refractivity contribution in [3.8, 4) is 0 Å². The van der Waals surface area contributed by atoms with Crippen LogP contribution in [0.4, 0.5) is 0 Å². The zero-order valence-corrected chi connectivity index (χ0v) is 13.0. The Hall–Kier alpha value is -0.910. The topological polar surface area (TPSA) is 59.1 Å². The molecular weight excluding hydrogens is 238 g/mol. The van der Waals surface area contributed by atoms with Crippen molar-refractivity contribution in [3.63, 3.8) is 0 Å². The summed E-state index contributed by atoms with van der Waals surface area (Å²) in [6.07, 6.45) is 4.99. The Balaban J connectivity index is 3.20. The standard InChI is InChI=1S/C14H29N5/c1-6-11-19-12(9-10-16-19)13(17-15)14(7-2,8-3)18(4)5/h9-10,13,17H,6-8,11,15H2,1-5H3. The van der Waals surface area contributed by atoms with Crippen molar-refractivity contribution < 1.29 is 0 Å². The SMILES string of the molecule is CCCn1nccc1C(NN)C(CC)(CC)N(C)C. The van der Waals surface area contributed by atoms with Gasteiger partial charge in [0.2, 0.25) is 0 Å². The molecule has 0 aliphatic heterocycles. The van der Waals surface area contributed by atoms with E-state index >= 15 is 0 Å². The minimum Gasteiger partial charge on any atom is -0.302 e. The van der Waals surface area contributed by atoms with Gasteiger partial charge in [-0.25, -0.2) is 5.43 Å². The van der Waals surface area contributed by atoms with Crippen LogP contribution in [0.25, 0.3) is 0 Å². The second-order valence-electron chi connectivity index (χ2n) is 5.28. The Kier molecular flexibility index (Phi) is 5.97. The van der Waals surface area contributed by atoms with Crippen molar-refractivity contribution in [3.05, 3.63) is 18.0 Å². The molecule has 0 saturated heterocycles. The molecular formula is C14H29N5. The Labute approximate surface area is 117 Å². The molecule has 1 aromatic rings. The van der Waals surface area contributed by atoms with Gasteiger partial charge in [-0.3, -0.25) is 10.5 Å². The summed E-state index contributed by atoms with van der Waals surface area (Å²) in [6.45, 7) is 7.52. The van der Waals surface area contributed by atoms with E-state index in [1.165, 1.54) is 5.69 Å². The molecule has 0 aliphatic carbocycles. The van der Waals surface area contributed by atoms with Crippen LogP contribution in [0.5, 0.6) is 0 Å². The Morgan fingerprint density at radius 1 is 1.37 bits per heavy atom. The molecule has 1 atom stereocenters. The van der Waals surface area contributed by atoms with E-state index in [0.29, 0.717) is 0 Å². The summed E-state index contributed by atoms with van der Waals surface area (Å²) in [5.74, 6) is 5.89. The van der Waals surface area contributed by atoms with Gasteiger partial charge >= 0.3 is 0 Å². The monoisotopic (exact) mass is 267 g/mol. The van der Waals surface area contributed by atoms with Crippen LogP contribution in [0, 0.1) is 0 Å². The smallest absolute Gasteiger partial charge is 0.0811 e. The van der Waals surface area contributed by atoms with Gasteiger partial charge in [0.05, 0.1) is 11.7 Å². The molecule has 0 spiro atoms. The third-order valence-corrected chi connectivity index (χ3v) is 4.30. The number of hydrogen-bond acceptors (Lipinski definition) is 4. The maximum Gasteiger partial charge on any atom is 0.0811 e. The highest BCUT2D eigenvalue weighted by Gasteiger charge is 2.39. The van der Waals surface area contributed by atoms with Crippen LogP contribution in [0.15, 0.2) is 12.3 Å². The number of nitrogens with two attached hydrogens (primary N) is 1. The van der Waals surface area contributed by atoms with E-state index in [-0.39, 0.29) is 11.6 Å². The quantitative estimate of drug-likeness (QED) is 0.558. The molecule has 110 valence electrons. The third-order valence-electron chi connectivity index (χ3n) is 4.30. The lowest BCUT2D eigenvalue weighted by molar-refractivity contribution is 0.0839. The Morgan fingerprint density at radius 2 is 2.00 bits per heavy atom. The van der Waals surface area contributed by atoms with Crippen molar-refractivity contribution in [2.45, 2.75) is 58.2 Å². The van der Waals surface area contributed by atoms with Crippen molar-refractivity contribution in [2.24, 2.45) is 5.84 Å². The first kappa shape index (κ1) is 16.1. The summed E-state index contributed by atoms with van der Waals surface area (Å²) in [6, 6.07) is 2.15. The minimum absolute atomic E-state index is 0.000273. The second kappa shape index (κ2) is 7.03. The maximum atomic E-state index is 5.89. The van der Waals surface area contributed by atoms with E-state index in [4.69, 9.17) is 5.84 Å². The van der Waals surface area contributed by atoms with Gasteiger partial charge in [-0.05, 0) is 39.4 Å². The van der Waals surface area contributed by atoms with Crippen molar-refractivity contribution in [1.29, 1.82) is 0 Å². The highest BCUT2D eigenvalue weighted by Crippen LogP contribution is 2.35. The molecule has 0 fully saturated rings. The lowest BCUT2D eigenvalue weighted by Gasteiger charge is -2.44. The average Bonchev–Trinajstić information content (AvgIpc) is 2.84. The predicted octanol–water partition coefficient (Wildman–Crippen LogP) is 1.92. The number of nitrogens with zero attached hydrogens (tertiary/aromatic N) is 3. The molecule has 0 radical (unpaired) electrons. The molecule has 0 bridgehead atoms. The van der Waals surface area contributed by atoms with Crippen LogP contribution in [0.3, 0.4) is 0 Å². The summed E-state index contributed by atoms with van der Waals surface area (Å²) >= 11 is 0. The fourth-order valence-corrected chi connectivity index (χ4v) is 3.05. The van der Waals surface area contributed by atoms with Crippen LogP contribution >= 0.6 is 0 Å². The number of rotatable bonds is 8. The van der Waals surface area contributed by atoms with Crippen LogP contribution in [0.1, 0.15) is 51.8 Å². The number of hydrazine groups is 1. The Bertz CT molecular complexity index is 368. The molecule has 3 N–H and O–H groups in total. The number of hydrogen-bond donors (Lipinski definition) is 2. The summed E-state index contributed by atoms with van der Waals surface area (Å²) in [4.78, 5) is 2.28. The first-order valence-electron chi connectivity index (χ1n) is 7.22. The molecule has 5 heteroatoms. The fourth-order valence-electron chi connectivity index (χ4n) is 3.05. The first-order valence-corrected chi connectivity index (χ1v) is 7.22. The van der Waals surface area contributed by atoms with Gasteiger partial charge in [0.1, 0.15) is 0 Å². The number of aromatic nitrogens is 2. The molecule has 5 nitrogen and oxygen atoms in total. The van der Waals surface area contributed by atoms with Gasteiger partial charge in [0, 0.05) is 18.3 Å². The minimum atomic E-state index is 0.000273. The molecule has 1 rings (SSSR count). The normalized spacial score (nSPS) is 14.1. The molecule has 0 amide bonds. The van der Waals surface area contributed by atoms with Gasteiger partial charge in [0.15, 0.2) is 0 Å². The van der Waals surface area contributed by atoms with Crippen LogP contribution < -0.4 is 11.3 Å². The highest BCUT2D eigenvalue weighted by molar-refractivity contribution is 5.15. The lowest BCUT2D eigenvalue weighted by atomic mass is 9.81. The van der Waals surface area contributed by atoms with Gasteiger partial charge in [-0.15, -0.1) is 0 Å². The molecule has 1 heterocycles. The summed E-state index contributed by atoms with van der Waals surface area (Å²) < 4.78 is 2.06. The highest BCUT2D eigenvalue weighted by atomic mass is 15.3. The molecule has 0 aromatic carbocycles. The zero-order chi connectivity index (χ0) is 14.5. The van der Waals surface area contributed by atoms with E-state index in [0.717, 1.165) is 25.8 Å². The van der Waals surface area contributed by atoms with E-state index < -0.39 is 0 Å². The molecule has 1 unspecified atom stereocenters. The second-order valence-corrected chi connectivity index (χ2v) is 5.28. The summed E-state index contributed by atoms with van der Waals surface area (Å²) in [7, 11) is 4.25. The fraction of sp³-hybridized carbons (Fsp3) is 0.786. The number of nitrogens with one attached hydrogen (secondary N) is 1. The van der Waals surface area contributed by atoms with Crippen molar-refractivity contribution >= 4 is 0 Å². The number of likely N-dealkylation sites (N-methyl/N-ethyl adjacent to an activating group) is 1. The van der Waals surface area contributed by atoms with Crippen molar-refractivity contribution in [2.75, 3.05) is 14.1 Å². The maximum absolute atomic E-state index is 5.89. The van der Waals surface area contributed by atoms with E-state index in [1.54, 1.807) is 0 Å².